The van der Waals surface area contributed by atoms with E-state index in [0.717, 1.165) is 11.1 Å². The van der Waals surface area contributed by atoms with Gasteiger partial charge in [0.2, 0.25) is 0 Å². The Labute approximate surface area is 130 Å². The van der Waals surface area contributed by atoms with E-state index in [1.54, 1.807) is 18.3 Å². The van der Waals surface area contributed by atoms with E-state index in [0.29, 0.717) is 12.1 Å². The van der Waals surface area contributed by atoms with Gasteiger partial charge in [-0.15, -0.1) is 0 Å². The van der Waals surface area contributed by atoms with Crippen LogP contribution in [0.1, 0.15) is 27.6 Å². The lowest BCUT2D eigenvalue weighted by Gasteiger charge is -2.19. The normalized spacial score (nSPS) is 11.9. The van der Waals surface area contributed by atoms with Crippen LogP contribution in [-0.4, -0.2) is 35.8 Å². The SMILES string of the molecule is Cc1ccc(C(CNC(=O)c2cccnc2)OCCO)cc1. The summed E-state index contributed by atoms with van der Waals surface area (Å²) < 4.78 is 5.62. The molecule has 0 aliphatic carbocycles. The Morgan fingerprint density at radius 2 is 2.09 bits per heavy atom. The largest absolute Gasteiger partial charge is 0.394 e. The molecule has 0 saturated carbocycles. The quantitative estimate of drug-likeness (QED) is 0.819. The van der Waals surface area contributed by atoms with Gasteiger partial charge in [0.1, 0.15) is 0 Å². The lowest BCUT2D eigenvalue weighted by molar-refractivity contribution is 0.0277. The minimum absolute atomic E-state index is 0.0566. The van der Waals surface area contributed by atoms with Gasteiger partial charge in [-0.1, -0.05) is 29.8 Å². The Kier molecular flexibility index (Phi) is 6.06. The van der Waals surface area contributed by atoms with Crippen molar-refractivity contribution in [2.75, 3.05) is 19.8 Å². The van der Waals surface area contributed by atoms with Crippen LogP contribution in [0.3, 0.4) is 0 Å². The predicted octanol–water partition coefficient (Wildman–Crippen LogP) is 1.87. The third-order valence-corrected chi connectivity index (χ3v) is 3.23. The van der Waals surface area contributed by atoms with Crippen molar-refractivity contribution in [3.8, 4) is 0 Å². The predicted molar refractivity (Wildman–Crippen MR) is 83.5 cm³/mol. The van der Waals surface area contributed by atoms with Crippen molar-refractivity contribution in [1.82, 2.24) is 10.3 Å². The number of nitrogens with zero attached hydrogens (tertiary/aromatic N) is 1. The molecule has 0 spiro atoms. The van der Waals surface area contributed by atoms with Crippen LogP contribution in [0.15, 0.2) is 48.8 Å². The molecule has 2 aromatic rings. The van der Waals surface area contributed by atoms with Crippen molar-refractivity contribution < 1.29 is 14.6 Å². The molecule has 1 aromatic carbocycles. The summed E-state index contributed by atoms with van der Waals surface area (Å²) in [4.78, 5) is 16.0. The van der Waals surface area contributed by atoms with Crippen molar-refractivity contribution >= 4 is 5.91 Å². The monoisotopic (exact) mass is 300 g/mol. The van der Waals surface area contributed by atoms with Gasteiger partial charge < -0.3 is 15.2 Å². The maximum Gasteiger partial charge on any atom is 0.252 e. The van der Waals surface area contributed by atoms with Gasteiger partial charge in [-0.2, -0.15) is 0 Å². The first-order valence-corrected chi connectivity index (χ1v) is 7.18. The molecule has 1 unspecified atom stereocenters. The number of aliphatic hydroxyl groups excluding tert-OH is 1. The van der Waals surface area contributed by atoms with Crippen molar-refractivity contribution in [1.29, 1.82) is 0 Å². The lowest BCUT2D eigenvalue weighted by Crippen LogP contribution is -2.30. The zero-order valence-electron chi connectivity index (χ0n) is 12.5. The Bertz CT molecular complexity index is 585. The minimum atomic E-state index is -0.298. The molecule has 0 fully saturated rings. The summed E-state index contributed by atoms with van der Waals surface area (Å²) in [6, 6.07) is 11.3. The van der Waals surface area contributed by atoms with E-state index in [4.69, 9.17) is 9.84 Å². The van der Waals surface area contributed by atoms with Crippen LogP contribution >= 0.6 is 0 Å². The number of rotatable bonds is 7. The Morgan fingerprint density at radius 1 is 1.32 bits per heavy atom. The summed E-state index contributed by atoms with van der Waals surface area (Å²) in [6.07, 6.45) is 2.84. The first-order valence-electron chi connectivity index (χ1n) is 7.18. The van der Waals surface area contributed by atoms with E-state index in [1.165, 1.54) is 6.20 Å². The van der Waals surface area contributed by atoms with Crippen LogP contribution in [0.4, 0.5) is 0 Å². The van der Waals surface area contributed by atoms with Crippen LogP contribution in [-0.2, 0) is 4.74 Å². The van der Waals surface area contributed by atoms with Gasteiger partial charge in [0.05, 0.1) is 24.9 Å². The number of carbonyl (C=O) groups is 1. The number of aromatic nitrogens is 1. The first-order chi connectivity index (χ1) is 10.7. The highest BCUT2D eigenvalue weighted by Gasteiger charge is 2.14. The third kappa shape index (κ3) is 4.65. The molecule has 1 atom stereocenters. The molecule has 5 heteroatoms. The topological polar surface area (TPSA) is 71.5 Å². The van der Waals surface area contributed by atoms with Crippen LogP contribution in [0.5, 0.6) is 0 Å². The molecule has 5 nitrogen and oxygen atoms in total. The highest BCUT2D eigenvalue weighted by molar-refractivity contribution is 5.93. The number of hydrogen-bond donors (Lipinski definition) is 2. The van der Waals surface area contributed by atoms with E-state index in [9.17, 15) is 4.79 Å². The minimum Gasteiger partial charge on any atom is -0.394 e. The molecule has 2 N–H and O–H groups in total. The maximum atomic E-state index is 12.1. The number of benzene rings is 1. The smallest absolute Gasteiger partial charge is 0.252 e. The molecule has 0 bridgehead atoms. The maximum absolute atomic E-state index is 12.1. The molecule has 0 radical (unpaired) electrons. The zero-order valence-corrected chi connectivity index (χ0v) is 12.5. The number of hydrogen-bond acceptors (Lipinski definition) is 4. The van der Waals surface area contributed by atoms with Crippen LogP contribution in [0, 0.1) is 6.92 Å². The van der Waals surface area contributed by atoms with Crippen LogP contribution in [0.2, 0.25) is 0 Å². The van der Waals surface area contributed by atoms with Crippen molar-refractivity contribution in [2.24, 2.45) is 0 Å². The summed E-state index contributed by atoms with van der Waals surface area (Å²) in [7, 11) is 0. The number of pyridine rings is 1. The van der Waals surface area contributed by atoms with Gasteiger partial charge in [-0.3, -0.25) is 9.78 Å². The number of aryl methyl sites for hydroxylation is 1. The van der Waals surface area contributed by atoms with E-state index in [1.807, 2.05) is 31.2 Å². The first kappa shape index (κ1) is 16.1. The molecule has 0 aliphatic rings. The van der Waals surface area contributed by atoms with Crippen molar-refractivity contribution in [3.63, 3.8) is 0 Å². The van der Waals surface area contributed by atoms with E-state index in [2.05, 4.69) is 10.3 Å². The summed E-state index contributed by atoms with van der Waals surface area (Å²) in [5.74, 6) is -0.196. The number of ether oxygens (including phenoxy) is 1. The third-order valence-electron chi connectivity index (χ3n) is 3.23. The van der Waals surface area contributed by atoms with Gasteiger partial charge in [-0.05, 0) is 24.6 Å². The second-order valence-corrected chi connectivity index (χ2v) is 4.95. The molecule has 2 rings (SSSR count). The van der Waals surface area contributed by atoms with Gasteiger partial charge >= 0.3 is 0 Å². The molecule has 0 saturated heterocycles. The fraction of sp³-hybridized carbons (Fsp3) is 0.294. The fourth-order valence-corrected chi connectivity index (χ4v) is 2.03. The highest BCUT2D eigenvalue weighted by atomic mass is 16.5. The molecule has 0 aliphatic heterocycles. The molecular formula is C17H20N2O3. The average molecular weight is 300 g/mol. The molecular weight excluding hydrogens is 280 g/mol. The Hall–Kier alpha value is -2.24. The van der Waals surface area contributed by atoms with E-state index in [-0.39, 0.29) is 25.2 Å². The molecule has 1 aromatic heterocycles. The molecule has 1 amide bonds. The van der Waals surface area contributed by atoms with E-state index < -0.39 is 0 Å². The van der Waals surface area contributed by atoms with Gasteiger partial charge in [0.15, 0.2) is 0 Å². The summed E-state index contributed by atoms with van der Waals surface area (Å²) in [5.41, 5.74) is 2.63. The lowest BCUT2D eigenvalue weighted by atomic mass is 10.1. The standard InChI is InChI=1S/C17H20N2O3/c1-13-4-6-14(7-5-13)16(22-10-9-20)12-19-17(21)15-3-2-8-18-11-15/h2-8,11,16,20H,9-10,12H2,1H3,(H,19,21). The van der Waals surface area contributed by atoms with Crippen molar-refractivity contribution in [2.45, 2.75) is 13.0 Å². The number of nitrogens with one attached hydrogen (secondary N) is 1. The van der Waals surface area contributed by atoms with Crippen LogP contribution in [0.25, 0.3) is 0 Å². The Morgan fingerprint density at radius 3 is 2.73 bits per heavy atom. The van der Waals surface area contributed by atoms with Crippen LogP contribution < -0.4 is 5.32 Å². The fourth-order valence-electron chi connectivity index (χ4n) is 2.03. The number of amides is 1. The summed E-state index contributed by atoms with van der Waals surface area (Å²) in [5, 5.41) is 11.8. The molecule has 22 heavy (non-hydrogen) atoms. The zero-order chi connectivity index (χ0) is 15.8. The Balaban J connectivity index is 2.00. The van der Waals surface area contributed by atoms with Crippen molar-refractivity contribution in [3.05, 3.63) is 65.5 Å². The number of aliphatic hydroxyl groups is 1. The van der Waals surface area contributed by atoms with Gasteiger partial charge in [-0.25, -0.2) is 0 Å². The second-order valence-electron chi connectivity index (χ2n) is 4.95. The summed E-state index contributed by atoms with van der Waals surface area (Å²) in [6.45, 7) is 2.51. The van der Waals surface area contributed by atoms with Gasteiger partial charge in [0, 0.05) is 18.9 Å². The average Bonchev–Trinajstić information content (AvgIpc) is 2.56. The summed E-state index contributed by atoms with van der Waals surface area (Å²) >= 11 is 0. The van der Waals surface area contributed by atoms with Gasteiger partial charge in [0.25, 0.3) is 5.91 Å². The second kappa shape index (κ2) is 8.26. The van der Waals surface area contributed by atoms with E-state index >= 15 is 0 Å². The highest BCUT2D eigenvalue weighted by Crippen LogP contribution is 2.17. The number of carbonyl (C=O) groups excluding carboxylic acids is 1. The molecule has 116 valence electrons. The molecule has 1 heterocycles.